The Kier molecular flexibility index (Phi) is 6.77. The summed E-state index contributed by atoms with van der Waals surface area (Å²) in [6.07, 6.45) is -2.00. The first-order valence-corrected chi connectivity index (χ1v) is 7.13. The van der Waals surface area contributed by atoms with Gasteiger partial charge in [-0.3, -0.25) is 4.79 Å². The standard InChI is InChI=1S/C13H21F3N2O3/c14-13(15,16)7-3-4-8-17-12(21)18-10-6-2-1-5-9(10)11(19)20/h9-10H,1-8H2,(H,19,20)(H2,17,18,21). The van der Waals surface area contributed by atoms with E-state index in [1.165, 1.54) is 0 Å². The van der Waals surface area contributed by atoms with E-state index in [9.17, 15) is 22.8 Å². The molecule has 1 saturated carbocycles. The molecule has 0 heterocycles. The van der Waals surface area contributed by atoms with Gasteiger partial charge in [0.05, 0.1) is 5.92 Å². The lowest BCUT2D eigenvalue weighted by atomic mass is 9.84. The number of nitrogens with one attached hydrogen (secondary N) is 2. The van der Waals surface area contributed by atoms with Gasteiger partial charge in [-0.05, 0) is 25.7 Å². The van der Waals surface area contributed by atoms with E-state index in [1.807, 2.05) is 0 Å². The Bertz CT molecular complexity index is 361. The number of urea groups is 1. The van der Waals surface area contributed by atoms with E-state index >= 15 is 0 Å². The van der Waals surface area contributed by atoms with Gasteiger partial charge in [-0.15, -0.1) is 0 Å². The number of halogens is 3. The molecule has 0 bridgehead atoms. The molecule has 0 radical (unpaired) electrons. The molecular weight excluding hydrogens is 289 g/mol. The molecule has 5 nitrogen and oxygen atoms in total. The highest BCUT2D eigenvalue weighted by Crippen LogP contribution is 2.24. The molecule has 0 spiro atoms. The molecule has 0 aliphatic heterocycles. The Labute approximate surface area is 121 Å². The van der Waals surface area contributed by atoms with Crippen molar-refractivity contribution in [3.8, 4) is 0 Å². The number of alkyl halides is 3. The number of carboxylic acids is 1. The first kappa shape index (κ1) is 17.6. The number of hydrogen-bond acceptors (Lipinski definition) is 2. The molecule has 1 aliphatic carbocycles. The fourth-order valence-corrected chi connectivity index (χ4v) is 2.47. The van der Waals surface area contributed by atoms with Crippen molar-refractivity contribution in [1.29, 1.82) is 0 Å². The summed E-state index contributed by atoms with van der Waals surface area (Å²) in [7, 11) is 0. The number of rotatable bonds is 6. The van der Waals surface area contributed by atoms with Crippen LogP contribution in [0.1, 0.15) is 44.9 Å². The molecule has 122 valence electrons. The maximum absolute atomic E-state index is 11.9. The highest BCUT2D eigenvalue weighted by molar-refractivity contribution is 5.76. The Morgan fingerprint density at radius 3 is 2.43 bits per heavy atom. The van der Waals surface area contributed by atoms with Crippen molar-refractivity contribution in [2.45, 2.75) is 57.2 Å². The normalized spacial score (nSPS) is 22.6. The molecule has 1 fully saturated rings. The van der Waals surface area contributed by atoms with Gasteiger partial charge in [0.2, 0.25) is 0 Å². The summed E-state index contributed by atoms with van der Waals surface area (Å²) in [6.45, 7) is 0.145. The molecule has 8 heteroatoms. The molecule has 0 saturated heterocycles. The fraction of sp³-hybridized carbons (Fsp3) is 0.846. The second-order valence-corrected chi connectivity index (χ2v) is 5.31. The quantitative estimate of drug-likeness (QED) is 0.660. The van der Waals surface area contributed by atoms with Crippen LogP contribution in [-0.2, 0) is 4.79 Å². The monoisotopic (exact) mass is 310 g/mol. The summed E-state index contributed by atoms with van der Waals surface area (Å²) < 4.78 is 35.7. The second-order valence-electron chi connectivity index (χ2n) is 5.31. The average molecular weight is 310 g/mol. The van der Waals surface area contributed by atoms with Crippen LogP contribution in [0.4, 0.5) is 18.0 Å². The zero-order chi connectivity index (χ0) is 15.9. The van der Waals surface area contributed by atoms with Crippen molar-refractivity contribution in [3.63, 3.8) is 0 Å². The zero-order valence-corrected chi connectivity index (χ0v) is 11.7. The molecule has 0 aromatic rings. The van der Waals surface area contributed by atoms with Gasteiger partial charge in [-0.2, -0.15) is 13.2 Å². The van der Waals surface area contributed by atoms with Crippen LogP contribution in [0.2, 0.25) is 0 Å². The van der Waals surface area contributed by atoms with Crippen molar-refractivity contribution in [3.05, 3.63) is 0 Å². The Balaban J connectivity index is 2.22. The summed E-state index contributed by atoms with van der Waals surface area (Å²) in [5.74, 6) is -1.51. The van der Waals surface area contributed by atoms with Gasteiger partial charge in [0.25, 0.3) is 0 Å². The molecule has 1 rings (SSSR count). The van der Waals surface area contributed by atoms with E-state index < -0.39 is 36.6 Å². The van der Waals surface area contributed by atoms with Crippen molar-refractivity contribution in [2.75, 3.05) is 6.54 Å². The third kappa shape index (κ3) is 7.19. The number of carboxylic acid groups (broad SMARTS) is 1. The minimum absolute atomic E-state index is 0.0367. The maximum atomic E-state index is 11.9. The summed E-state index contributed by atoms with van der Waals surface area (Å²) in [4.78, 5) is 22.7. The van der Waals surface area contributed by atoms with E-state index in [-0.39, 0.29) is 19.4 Å². The van der Waals surface area contributed by atoms with E-state index in [1.54, 1.807) is 0 Å². The van der Waals surface area contributed by atoms with Crippen molar-refractivity contribution < 1.29 is 27.9 Å². The van der Waals surface area contributed by atoms with Gasteiger partial charge in [-0.1, -0.05) is 12.8 Å². The zero-order valence-electron chi connectivity index (χ0n) is 11.7. The largest absolute Gasteiger partial charge is 0.481 e. The molecule has 2 unspecified atom stereocenters. The molecule has 21 heavy (non-hydrogen) atoms. The fourth-order valence-electron chi connectivity index (χ4n) is 2.47. The van der Waals surface area contributed by atoms with Gasteiger partial charge < -0.3 is 15.7 Å². The molecule has 2 amide bonds. The molecule has 0 aromatic heterocycles. The van der Waals surface area contributed by atoms with Crippen molar-refractivity contribution >= 4 is 12.0 Å². The molecular formula is C13H21F3N2O3. The van der Waals surface area contributed by atoms with Crippen LogP contribution in [-0.4, -0.2) is 35.9 Å². The minimum Gasteiger partial charge on any atom is -0.481 e. The SMILES string of the molecule is O=C(NCCCCC(F)(F)F)NC1CCCCC1C(=O)O. The van der Waals surface area contributed by atoms with E-state index in [4.69, 9.17) is 5.11 Å². The van der Waals surface area contributed by atoms with Crippen LogP contribution >= 0.6 is 0 Å². The van der Waals surface area contributed by atoms with Crippen LogP contribution in [0.25, 0.3) is 0 Å². The van der Waals surface area contributed by atoms with Gasteiger partial charge in [0.1, 0.15) is 0 Å². The molecule has 2 atom stereocenters. The topological polar surface area (TPSA) is 78.4 Å². The van der Waals surface area contributed by atoms with Gasteiger partial charge in [0.15, 0.2) is 0 Å². The lowest BCUT2D eigenvalue weighted by Gasteiger charge is -2.29. The van der Waals surface area contributed by atoms with Gasteiger partial charge >= 0.3 is 18.2 Å². The number of carbonyl (C=O) groups is 2. The number of carbonyl (C=O) groups excluding carboxylic acids is 1. The first-order valence-electron chi connectivity index (χ1n) is 7.13. The Morgan fingerprint density at radius 2 is 1.81 bits per heavy atom. The molecule has 3 N–H and O–H groups in total. The number of amides is 2. The van der Waals surface area contributed by atoms with Crippen LogP contribution in [0.5, 0.6) is 0 Å². The highest BCUT2D eigenvalue weighted by atomic mass is 19.4. The summed E-state index contributed by atoms with van der Waals surface area (Å²) in [5, 5.41) is 14.1. The highest BCUT2D eigenvalue weighted by Gasteiger charge is 2.31. The predicted molar refractivity (Wildman–Crippen MR) is 69.8 cm³/mol. The van der Waals surface area contributed by atoms with Crippen LogP contribution in [0.15, 0.2) is 0 Å². The van der Waals surface area contributed by atoms with E-state index in [0.717, 1.165) is 12.8 Å². The predicted octanol–water partition coefficient (Wildman–Crippen LogP) is 2.66. The van der Waals surface area contributed by atoms with Gasteiger partial charge in [-0.25, -0.2) is 4.79 Å². The van der Waals surface area contributed by atoms with Crippen LogP contribution < -0.4 is 10.6 Å². The summed E-state index contributed by atoms with van der Waals surface area (Å²) in [6, 6.07) is -0.924. The Morgan fingerprint density at radius 1 is 1.14 bits per heavy atom. The van der Waals surface area contributed by atoms with Crippen molar-refractivity contribution in [2.24, 2.45) is 5.92 Å². The second kappa shape index (κ2) is 8.09. The summed E-state index contributed by atoms with van der Waals surface area (Å²) in [5.41, 5.74) is 0. The first-order chi connectivity index (χ1) is 9.79. The smallest absolute Gasteiger partial charge is 0.389 e. The lowest BCUT2D eigenvalue weighted by Crippen LogP contribution is -2.49. The number of aliphatic carboxylic acids is 1. The number of unbranched alkanes of at least 4 members (excludes halogenated alkanes) is 1. The molecule has 1 aliphatic rings. The third-order valence-corrected chi connectivity index (χ3v) is 3.57. The molecule has 0 aromatic carbocycles. The lowest BCUT2D eigenvalue weighted by molar-refractivity contribution is -0.143. The van der Waals surface area contributed by atoms with Gasteiger partial charge in [0, 0.05) is 19.0 Å². The average Bonchev–Trinajstić information content (AvgIpc) is 2.37. The number of hydrogen-bond donors (Lipinski definition) is 3. The summed E-state index contributed by atoms with van der Waals surface area (Å²) >= 11 is 0. The third-order valence-electron chi connectivity index (χ3n) is 3.57. The maximum Gasteiger partial charge on any atom is 0.389 e. The van der Waals surface area contributed by atoms with E-state index in [0.29, 0.717) is 12.8 Å². The van der Waals surface area contributed by atoms with Crippen LogP contribution in [0.3, 0.4) is 0 Å². The van der Waals surface area contributed by atoms with Crippen LogP contribution in [0, 0.1) is 5.92 Å². The Hall–Kier alpha value is -1.47. The van der Waals surface area contributed by atoms with Crippen molar-refractivity contribution in [1.82, 2.24) is 10.6 Å². The van der Waals surface area contributed by atoms with E-state index in [2.05, 4.69) is 10.6 Å². The minimum atomic E-state index is -4.17.